The first-order valence-electron chi connectivity index (χ1n) is 9.87. The van der Waals surface area contributed by atoms with Gasteiger partial charge in [-0.1, -0.05) is 0 Å². The minimum absolute atomic E-state index is 0.0114. The highest BCUT2D eigenvalue weighted by atomic mass is 19.4. The molecule has 31 heavy (non-hydrogen) atoms. The van der Waals surface area contributed by atoms with E-state index in [0.29, 0.717) is 55.8 Å². The van der Waals surface area contributed by atoms with Crippen LogP contribution in [-0.2, 0) is 22.2 Å². The Labute approximate surface area is 176 Å². The summed E-state index contributed by atoms with van der Waals surface area (Å²) < 4.78 is 49.4. The summed E-state index contributed by atoms with van der Waals surface area (Å²) in [5.41, 5.74) is 0.314. The van der Waals surface area contributed by atoms with E-state index >= 15 is 0 Å². The maximum absolute atomic E-state index is 12.8. The van der Waals surface area contributed by atoms with Crippen LogP contribution in [-0.4, -0.2) is 40.9 Å². The molecule has 0 saturated carbocycles. The average Bonchev–Trinajstić information content (AvgIpc) is 3.34. The molecule has 1 saturated heterocycles. The Morgan fingerprint density at radius 2 is 2.13 bits per heavy atom. The summed E-state index contributed by atoms with van der Waals surface area (Å²) in [6, 6.07) is 4.70. The maximum atomic E-state index is 12.8. The average molecular weight is 435 g/mol. The van der Waals surface area contributed by atoms with Gasteiger partial charge in [-0.2, -0.15) is 13.2 Å². The molecule has 164 valence electrons. The van der Waals surface area contributed by atoms with Crippen LogP contribution >= 0.6 is 0 Å². The quantitative estimate of drug-likeness (QED) is 0.773. The van der Waals surface area contributed by atoms with Crippen LogP contribution in [0, 0.1) is 0 Å². The van der Waals surface area contributed by atoms with E-state index in [1.165, 1.54) is 11.0 Å². The lowest BCUT2D eigenvalue weighted by Gasteiger charge is -2.23. The van der Waals surface area contributed by atoms with Crippen LogP contribution in [0.4, 0.5) is 18.9 Å². The fraction of sp³-hybridized carbons (Fsp3) is 0.381. The summed E-state index contributed by atoms with van der Waals surface area (Å²) >= 11 is 0. The van der Waals surface area contributed by atoms with Gasteiger partial charge in [0.15, 0.2) is 0 Å². The molecule has 1 aromatic carbocycles. The van der Waals surface area contributed by atoms with Gasteiger partial charge in [0.25, 0.3) is 0 Å². The number of carbonyl (C=O) groups is 2. The van der Waals surface area contributed by atoms with Crippen molar-refractivity contribution in [3.63, 3.8) is 0 Å². The third-order valence-electron chi connectivity index (χ3n) is 5.27. The molecule has 0 radical (unpaired) electrons. The minimum Gasteiger partial charge on any atom is -0.491 e. The van der Waals surface area contributed by atoms with Gasteiger partial charge in [-0.3, -0.25) is 9.59 Å². The number of likely N-dealkylation sites (N-methyl/N-ethyl adjacent to an activating group) is 1. The number of nitrogens with one attached hydrogen (secondary N) is 1. The lowest BCUT2D eigenvalue weighted by atomic mass is 10.1. The van der Waals surface area contributed by atoms with Gasteiger partial charge in [-0.05, 0) is 25.5 Å². The number of carbonyl (C=O) groups excluding carboxylic acids is 2. The molecule has 1 aromatic heterocycles. The number of amides is 2. The lowest BCUT2D eigenvalue weighted by molar-refractivity contribution is -0.137. The minimum atomic E-state index is -4.48. The molecule has 3 heterocycles. The Morgan fingerprint density at radius 3 is 2.81 bits per heavy atom. The maximum Gasteiger partial charge on any atom is 0.417 e. The Morgan fingerprint density at radius 1 is 1.32 bits per heavy atom. The number of benzene rings is 1. The molecule has 2 amide bonds. The second-order valence-electron chi connectivity index (χ2n) is 7.27. The SMILES string of the molecule is CCN1C(=O)CC[C@H]1C(=O)Nc1cc(Oc2ccc(C(F)(F)F)cn2)cc2c1OCC2. The van der Waals surface area contributed by atoms with E-state index in [0.717, 1.165) is 17.7 Å². The largest absolute Gasteiger partial charge is 0.491 e. The number of hydrogen-bond donors (Lipinski definition) is 1. The first kappa shape index (κ1) is 21.0. The van der Waals surface area contributed by atoms with E-state index in [4.69, 9.17) is 9.47 Å². The van der Waals surface area contributed by atoms with Gasteiger partial charge >= 0.3 is 6.18 Å². The van der Waals surface area contributed by atoms with Gasteiger partial charge < -0.3 is 19.7 Å². The number of likely N-dealkylation sites (tertiary alicyclic amines) is 1. The van der Waals surface area contributed by atoms with Gasteiger partial charge in [0.05, 0.1) is 17.9 Å². The topological polar surface area (TPSA) is 80.8 Å². The highest BCUT2D eigenvalue weighted by Gasteiger charge is 2.35. The molecule has 2 aromatic rings. The Kier molecular flexibility index (Phi) is 5.47. The van der Waals surface area contributed by atoms with Crippen molar-refractivity contribution < 1.29 is 32.2 Å². The van der Waals surface area contributed by atoms with Crippen molar-refractivity contribution in [2.24, 2.45) is 0 Å². The predicted molar refractivity (Wildman–Crippen MR) is 104 cm³/mol. The fourth-order valence-corrected chi connectivity index (χ4v) is 3.78. The molecule has 1 fully saturated rings. The van der Waals surface area contributed by atoms with Gasteiger partial charge in [-0.15, -0.1) is 0 Å². The second-order valence-corrected chi connectivity index (χ2v) is 7.27. The number of aromatic nitrogens is 1. The first-order chi connectivity index (χ1) is 14.8. The van der Waals surface area contributed by atoms with Crippen molar-refractivity contribution in [2.75, 3.05) is 18.5 Å². The molecule has 2 aliphatic heterocycles. The number of alkyl halides is 3. The van der Waals surface area contributed by atoms with Gasteiger partial charge in [0.1, 0.15) is 17.5 Å². The molecule has 0 spiro atoms. The van der Waals surface area contributed by atoms with Crippen LogP contribution in [0.3, 0.4) is 0 Å². The van der Waals surface area contributed by atoms with Crippen LogP contribution in [0.1, 0.15) is 30.9 Å². The molecule has 4 rings (SSSR count). The van der Waals surface area contributed by atoms with E-state index in [2.05, 4.69) is 10.3 Å². The monoisotopic (exact) mass is 435 g/mol. The standard InChI is InChI=1S/C21H20F3N3O4/c1-2-27-16(4-6-18(27)28)20(29)26-15-10-14(9-12-7-8-30-19(12)15)31-17-5-3-13(11-25-17)21(22,23)24/h3,5,9-11,16H,2,4,6-8H2,1H3,(H,26,29)/t16-/m0/s1. The number of halogens is 3. The number of anilines is 1. The third kappa shape index (κ3) is 4.28. The molecular weight excluding hydrogens is 415 g/mol. The van der Waals surface area contributed by atoms with Crippen LogP contribution in [0.5, 0.6) is 17.4 Å². The molecular formula is C21H20F3N3O4. The van der Waals surface area contributed by atoms with Gasteiger partial charge in [-0.25, -0.2) is 4.98 Å². The summed E-state index contributed by atoms with van der Waals surface area (Å²) in [6.07, 6.45) is -2.43. The van der Waals surface area contributed by atoms with E-state index in [9.17, 15) is 22.8 Å². The zero-order chi connectivity index (χ0) is 22.2. The number of ether oxygens (including phenoxy) is 2. The summed E-state index contributed by atoms with van der Waals surface area (Å²) in [7, 11) is 0. The van der Waals surface area contributed by atoms with Crippen LogP contribution in [0.15, 0.2) is 30.5 Å². The zero-order valence-electron chi connectivity index (χ0n) is 16.7. The van der Waals surface area contributed by atoms with Crippen LogP contribution in [0.2, 0.25) is 0 Å². The summed E-state index contributed by atoms with van der Waals surface area (Å²) in [5.74, 6) is 0.433. The number of hydrogen-bond acceptors (Lipinski definition) is 5. The normalized spacial score (nSPS) is 18.0. The van der Waals surface area contributed by atoms with Crippen molar-refractivity contribution in [2.45, 2.75) is 38.4 Å². The van der Waals surface area contributed by atoms with Crippen molar-refractivity contribution in [3.05, 3.63) is 41.6 Å². The first-order valence-corrected chi connectivity index (χ1v) is 9.87. The molecule has 7 nitrogen and oxygen atoms in total. The highest BCUT2D eigenvalue weighted by molar-refractivity contribution is 6.00. The van der Waals surface area contributed by atoms with Crippen molar-refractivity contribution in [1.82, 2.24) is 9.88 Å². The fourth-order valence-electron chi connectivity index (χ4n) is 3.78. The van der Waals surface area contributed by atoms with Crippen molar-refractivity contribution in [1.29, 1.82) is 0 Å². The Bertz CT molecular complexity index is 1010. The van der Waals surface area contributed by atoms with Crippen LogP contribution < -0.4 is 14.8 Å². The summed E-state index contributed by atoms with van der Waals surface area (Å²) in [6.45, 7) is 2.69. The predicted octanol–water partition coefficient (Wildman–Crippen LogP) is 3.78. The molecule has 2 aliphatic rings. The van der Waals surface area contributed by atoms with E-state index in [1.807, 2.05) is 6.92 Å². The lowest BCUT2D eigenvalue weighted by Crippen LogP contribution is -2.41. The third-order valence-corrected chi connectivity index (χ3v) is 5.27. The van der Waals surface area contributed by atoms with Crippen molar-refractivity contribution in [3.8, 4) is 17.4 Å². The Balaban J connectivity index is 1.55. The molecule has 0 bridgehead atoms. The molecule has 0 aliphatic carbocycles. The van der Waals surface area contributed by atoms with E-state index < -0.39 is 17.8 Å². The number of pyridine rings is 1. The summed E-state index contributed by atoms with van der Waals surface area (Å²) in [4.78, 5) is 30.0. The molecule has 1 atom stereocenters. The second kappa shape index (κ2) is 8.09. The number of rotatable bonds is 5. The number of fused-ring (bicyclic) bond motifs is 1. The van der Waals surface area contributed by atoms with Gasteiger partial charge in [0.2, 0.25) is 17.7 Å². The highest BCUT2D eigenvalue weighted by Crippen LogP contribution is 2.39. The zero-order valence-corrected chi connectivity index (χ0v) is 16.7. The van der Waals surface area contributed by atoms with E-state index in [-0.39, 0.29) is 17.7 Å². The molecule has 10 heteroatoms. The van der Waals surface area contributed by atoms with Gasteiger partial charge in [0, 0.05) is 43.3 Å². The van der Waals surface area contributed by atoms with E-state index in [1.54, 1.807) is 6.07 Å². The smallest absolute Gasteiger partial charge is 0.417 e. The Hall–Kier alpha value is -3.30. The molecule has 0 unspecified atom stereocenters. The van der Waals surface area contributed by atoms with Crippen molar-refractivity contribution >= 4 is 17.5 Å². The summed E-state index contributed by atoms with van der Waals surface area (Å²) in [5, 5.41) is 2.82. The number of nitrogens with zero attached hydrogens (tertiary/aromatic N) is 2. The van der Waals surface area contributed by atoms with Crippen LogP contribution in [0.25, 0.3) is 0 Å². The molecule has 1 N–H and O–H groups in total.